The van der Waals surface area contributed by atoms with Crippen LogP contribution in [0.2, 0.25) is 0 Å². The fourth-order valence-electron chi connectivity index (χ4n) is 2.80. The number of anilines is 1. The van der Waals surface area contributed by atoms with Gasteiger partial charge in [0.05, 0.1) is 5.56 Å². The zero-order valence-corrected chi connectivity index (χ0v) is 13.3. The standard InChI is InChI=1S/C16H25N3O2/c1-10(2)14-8-13(16(20)21)9-15(17-14)18-19-11(3)6-5-7-12(19)4/h8-12H,5-7H2,1-4H3,(H,17,18)(H,20,21). The van der Waals surface area contributed by atoms with Crippen molar-refractivity contribution in [3.8, 4) is 0 Å². The van der Waals surface area contributed by atoms with Crippen LogP contribution in [0, 0.1) is 0 Å². The second-order valence-electron chi connectivity index (χ2n) is 6.27. The molecule has 0 aromatic carbocycles. The molecule has 1 saturated heterocycles. The minimum atomic E-state index is -0.915. The van der Waals surface area contributed by atoms with Gasteiger partial charge < -0.3 is 10.5 Å². The molecule has 1 aliphatic rings. The van der Waals surface area contributed by atoms with Crippen molar-refractivity contribution in [1.29, 1.82) is 0 Å². The predicted octanol–water partition coefficient (Wildman–Crippen LogP) is 3.49. The number of carboxylic acids is 1. The van der Waals surface area contributed by atoms with Crippen molar-refractivity contribution in [1.82, 2.24) is 9.99 Å². The number of aromatic nitrogens is 1. The highest BCUT2D eigenvalue weighted by Gasteiger charge is 2.25. The molecule has 1 aliphatic heterocycles. The zero-order chi connectivity index (χ0) is 15.6. The van der Waals surface area contributed by atoms with Crippen molar-refractivity contribution < 1.29 is 9.90 Å². The molecule has 5 nitrogen and oxygen atoms in total. The van der Waals surface area contributed by atoms with E-state index in [-0.39, 0.29) is 11.5 Å². The van der Waals surface area contributed by atoms with Crippen LogP contribution in [0.3, 0.4) is 0 Å². The van der Waals surface area contributed by atoms with E-state index < -0.39 is 5.97 Å². The molecule has 0 saturated carbocycles. The van der Waals surface area contributed by atoms with Crippen LogP contribution in [0.15, 0.2) is 12.1 Å². The third-order valence-electron chi connectivity index (χ3n) is 4.12. The Bertz CT molecular complexity index is 506. The number of piperidine rings is 1. The lowest BCUT2D eigenvalue weighted by Gasteiger charge is -2.39. The molecule has 2 N–H and O–H groups in total. The summed E-state index contributed by atoms with van der Waals surface area (Å²) in [7, 11) is 0. The average Bonchev–Trinajstić information content (AvgIpc) is 2.42. The van der Waals surface area contributed by atoms with Crippen LogP contribution in [0.5, 0.6) is 0 Å². The van der Waals surface area contributed by atoms with Crippen LogP contribution in [0.4, 0.5) is 5.82 Å². The molecule has 2 atom stereocenters. The van der Waals surface area contributed by atoms with Crippen molar-refractivity contribution in [3.05, 3.63) is 23.4 Å². The van der Waals surface area contributed by atoms with E-state index in [1.807, 2.05) is 13.8 Å². The maximum Gasteiger partial charge on any atom is 0.335 e. The van der Waals surface area contributed by atoms with Crippen LogP contribution in [-0.4, -0.2) is 33.2 Å². The van der Waals surface area contributed by atoms with E-state index in [1.54, 1.807) is 12.1 Å². The van der Waals surface area contributed by atoms with Crippen molar-refractivity contribution in [3.63, 3.8) is 0 Å². The van der Waals surface area contributed by atoms with Gasteiger partial charge in [-0.25, -0.2) is 14.8 Å². The summed E-state index contributed by atoms with van der Waals surface area (Å²) in [6, 6.07) is 4.11. The number of rotatable bonds is 4. The van der Waals surface area contributed by atoms with Crippen LogP contribution >= 0.6 is 0 Å². The Morgan fingerprint density at radius 3 is 2.48 bits per heavy atom. The number of nitrogens with one attached hydrogen (secondary N) is 1. The maximum absolute atomic E-state index is 11.3. The number of nitrogens with zero attached hydrogens (tertiary/aromatic N) is 2. The number of carboxylic acid groups (broad SMARTS) is 1. The normalized spacial score (nSPS) is 23.3. The Morgan fingerprint density at radius 1 is 1.33 bits per heavy atom. The summed E-state index contributed by atoms with van der Waals surface area (Å²) in [5.41, 5.74) is 4.42. The summed E-state index contributed by atoms with van der Waals surface area (Å²) < 4.78 is 0. The number of hydrazine groups is 1. The molecular formula is C16H25N3O2. The van der Waals surface area contributed by atoms with E-state index in [0.717, 1.165) is 18.5 Å². The molecule has 2 unspecified atom stereocenters. The van der Waals surface area contributed by atoms with Gasteiger partial charge >= 0.3 is 5.97 Å². The largest absolute Gasteiger partial charge is 0.478 e. The molecule has 0 amide bonds. The van der Waals surface area contributed by atoms with Crippen molar-refractivity contribution in [2.45, 2.75) is 65.0 Å². The number of aromatic carboxylic acids is 1. The molecule has 1 aromatic rings. The predicted molar refractivity (Wildman–Crippen MR) is 83.5 cm³/mol. The van der Waals surface area contributed by atoms with Gasteiger partial charge in [-0.2, -0.15) is 0 Å². The Kier molecular flexibility index (Phi) is 4.83. The second kappa shape index (κ2) is 6.43. The summed E-state index contributed by atoms with van der Waals surface area (Å²) in [6.45, 7) is 8.41. The molecular weight excluding hydrogens is 266 g/mol. The average molecular weight is 291 g/mol. The fraction of sp³-hybridized carbons (Fsp3) is 0.625. The van der Waals surface area contributed by atoms with E-state index in [9.17, 15) is 9.90 Å². The molecule has 5 heteroatoms. The smallest absolute Gasteiger partial charge is 0.335 e. The minimum absolute atomic E-state index is 0.195. The van der Waals surface area contributed by atoms with Gasteiger partial charge in [0.25, 0.3) is 0 Å². The first-order valence-corrected chi connectivity index (χ1v) is 7.68. The highest BCUT2D eigenvalue weighted by Crippen LogP contribution is 2.24. The van der Waals surface area contributed by atoms with Gasteiger partial charge in [0, 0.05) is 17.8 Å². The van der Waals surface area contributed by atoms with E-state index in [4.69, 9.17) is 0 Å². The van der Waals surface area contributed by atoms with Gasteiger partial charge in [0.15, 0.2) is 0 Å². The Morgan fingerprint density at radius 2 is 1.95 bits per heavy atom. The molecule has 1 aromatic heterocycles. The number of hydrogen-bond donors (Lipinski definition) is 2. The van der Waals surface area contributed by atoms with Crippen LogP contribution in [-0.2, 0) is 0 Å². The van der Waals surface area contributed by atoms with Gasteiger partial charge in [-0.3, -0.25) is 0 Å². The van der Waals surface area contributed by atoms with Crippen LogP contribution < -0.4 is 5.43 Å². The van der Waals surface area contributed by atoms with E-state index in [2.05, 4.69) is 29.3 Å². The maximum atomic E-state index is 11.3. The number of carbonyl (C=O) groups is 1. The summed E-state index contributed by atoms with van der Waals surface area (Å²) in [5.74, 6) is -0.0951. The highest BCUT2D eigenvalue weighted by molar-refractivity contribution is 5.88. The fourth-order valence-corrected chi connectivity index (χ4v) is 2.80. The first-order chi connectivity index (χ1) is 9.88. The summed E-state index contributed by atoms with van der Waals surface area (Å²) in [6.07, 6.45) is 3.53. The van der Waals surface area contributed by atoms with Gasteiger partial charge in [0.2, 0.25) is 0 Å². The lowest BCUT2D eigenvalue weighted by Crippen LogP contribution is -2.47. The first kappa shape index (κ1) is 15.8. The quantitative estimate of drug-likeness (QED) is 0.889. The topological polar surface area (TPSA) is 65.5 Å². The lowest BCUT2D eigenvalue weighted by molar-refractivity contribution is 0.0696. The zero-order valence-electron chi connectivity index (χ0n) is 13.3. The summed E-state index contributed by atoms with van der Waals surface area (Å²) in [5, 5.41) is 11.5. The van der Waals surface area contributed by atoms with Crippen molar-refractivity contribution >= 4 is 11.8 Å². The van der Waals surface area contributed by atoms with Gasteiger partial charge in [-0.1, -0.05) is 20.3 Å². The van der Waals surface area contributed by atoms with Crippen molar-refractivity contribution in [2.24, 2.45) is 0 Å². The van der Waals surface area contributed by atoms with Crippen LogP contribution in [0.1, 0.15) is 68.9 Å². The SMILES string of the molecule is CC(C)c1cc(C(=O)O)cc(NN2C(C)CCCC2C)n1. The molecule has 2 rings (SSSR count). The molecule has 0 bridgehead atoms. The number of pyridine rings is 1. The molecule has 0 spiro atoms. The third-order valence-corrected chi connectivity index (χ3v) is 4.12. The third kappa shape index (κ3) is 3.73. The van der Waals surface area contributed by atoms with E-state index in [0.29, 0.717) is 17.9 Å². The minimum Gasteiger partial charge on any atom is -0.478 e. The first-order valence-electron chi connectivity index (χ1n) is 7.68. The van der Waals surface area contributed by atoms with Crippen LogP contribution in [0.25, 0.3) is 0 Å². The Hall–Kier alpha value is -1.62. The number of hydrogen-bond acceptors (Lipinski definition) is 4. The van der Waals surface area contributed by atoms with E-state index >= 15 is 0 Å². The van der Waals surface area contributed by atoms with Gasteiger partial charge in [0.1, 0.15) is 5.82 Å². The summed E-state index contributed by atoms with van der Waals surface area (Å²) in [4.78, 5) is 15.8. The van der Waals surface area contributed by atoms with Crippen molar-refractivity contribution in [2.75, 3.05) is 5.43 Å². The van der Waals surface area contributed by atoms with E-state index in [1.165, 1.54) is 6.42 Å². The molecule has 116 valence electrons. The monoisotopic (exact) mass is 291 g/mol. The highest BCUT2D eigenvalue weighted by atomic mass is 16.4. The molecule has 2 heterocycles. The lowest BCUT2D eigenvalue weighted by atomic mass is 10.00. The second-order valence-corrected chi connectivity index (χ2v) is 6.27. The van der Waals surface area contributed by atoms with Gasteiger partial charge in [-0.05, 0) is 44.7 Å². The van der Waals surface area contributed by atoms with Gasteiger partial charge in [-0.15, -0.1) is 0 Å². The summed E-state index contributed by atoms with van der Waals surface area (Å²) >= 11 is 0. The Balaban J connectivity index is 2.27. The Labute approximate surface area is 126 Å². The molecule has 1 fully saturated rings. The molecule has 0 radical (unpaired) electrons. The molecule has 0 aliphatic carbocycles. The molecule has 21 heavy (non-hydrogen) atoms.